The number of primary sulfonamides is 1. The first-order chi connectivity index (χ1) is 8.86. The van der Waals surface area contributed by atoms with Crippen LogP contribution in [0.25, 0.3) is 0 Å². The smallest absolute Gasteiger partial charge is 0.238 e. The number of nitrogens with two attached hydrogens (primary N) is 2. The third-order valence-electron chi connectivity index (χ3n) is 3.67. The lowest BCUT2D eigenvalue weighted by Gasteiger charge is -2.28. The Morgan fingerprint density at radius 3 is 2.42 bits per heavy atom. The van der Waals surface area contributed by atoms with Gasteiger partial charge in [-0.05, 0) is 50.3 Å². The molecule has 6 heteroatoms. The predicted octanol–water partition coefficient (Wildman–Crippen LogP) is 1.32. The van der Waals surface area contributed by atoms with Gasteiger partial charge in [-0.1, -0.05) is 6.07 Å². The van der Waals surface area contributed by atoms with Gasteiger partial charge in [0.15, 0.2) is 0 Å². The van der Waals surface area contributed by atoms with Crippen LogP contribution in [0.3, 0.4) is 0 Å². The van der Waals surface area contributed by atoms with Gasteiger partial charge in [-0.25, -0.2) is 13.6 Å². The van der Waals surface area contributed by atoms with Gasteiger partial charge in [0, 0.05) is 17.8 Å². The second-order valence-corrected chi connectivity index (χ2v) is 6.84. The van der Waals surface area contributed by atoms with Gasteiger partial charge in [-0.2, -0.15) is 0 Å². The fraction of sp³-hybridized carbons (Fsp3) is 0.538. The summed E-state index contributed by atoms with van der Waals surface area (Å²) < 4.78 is 22.7. The highest BCUT2D eigenvalue weighted by Gasteiger charge is 2.19. The largest absolute Gasteiger partial charge is 0.382 e. The van der Waals surface area contributed by atoms with Gasteiger partial charge in [0.2, 0.25) is 10.0 Å². The summed E-state index contributed by atoms with van der Waals surface area (Å²) in [6.45, 7) is 1.95. The van der Waals surface area contributed by atoms with Gasteiger partial charge in [0.05, 0.1) is 4.90 Å². The van der Waals surface area contributed by atoms with Crippen molar-refractivity contribution in [2.24, 2.45) is 10.9 Å². The number of anilines is 1. The first-order valence-corrected chi connectivity index (χ1v) is 8.06. The predicted molar refractivity (Wildman–Crippen MR) is 76.4 cm³/mol. The summed E-state index contributed by atoms with van der Waals surface area (Å²) in [7, 11) is -3.65. The summed E-state index contributed by atoms with van der Waals surface area (Å²) >= 11 is 0. The number of rotatable bonds is 3. The maximum atomic E-state index is 11.4. The van der Waals surface area contributed by atoms with Gasteiger partial charge >= 0.3 is 0 Å². The average Bonchev–Trinajstić information content (AvgIpc) is 2.33. The van der Waals surface area contributed by atoms with E-state index in [1.54, 1.807) is 12.1 Å². The number of benzene rings is 1. The number of sulfonamides is 1. The zero-order valence-electron chi connectivity index (χ0n) is 11.1. The average molecular weight is 283 g/mol. The van der Waals surface area contributed by atoms with Gasteiger partial charge in [-0.3, -0.25) is 0 Å². The lowest BCUT2D eigenvalue weighted by Crippen LogP contribution is -2.33. The van der Waals surface area contributed by atoms with Gasteiger partial charge < -0.3 is 11.1 Å². The molecule has 0 amide bonds. The molecule has 2 rings (SSSR count). The van der Waals surface area contributed by atoms with Crippen LogP contribution in [0.2, 0.25) is 0 Å². The van der Waals surface area contributed by atoms with E-state index in [4.69, 9.17) is 10.9 Å². The number of aryl methyl sites for hydroxylation is 1. The summed E-state index contributed by atoms with van der Waals surface area (Å²) in [6.07, 6.45) is 4.04. The molecule has 1 aliphatic rings. The minimum Gasteiger partial charge on any atom is -0.382 e. The Kier molecular flexibility index (Phi) is 4.13. The monoisotopic (exact) mass is 283 g/mol. The quantitative estimate of drug-likeness (QED) is 0.779. The van der Waals surface area contributed by atoms with Gasteiger partial charge in [0.25, 0.3) is 0 Å². The first kappa shape index (κ1) is 14.3. The van der Waals surface area contributed by atoms with Crippen LogP contribution in [-0.2, 0) is 10.0 Å². The Bertz CT molecular complexity index is 549. The maximum absolute atomic E-state index is 11.4. The van der Waals surface area contributed by atoms with Gasteiger partial charge in [0.1, 0.15) is 0 Å². The van der Waals surface area contributed by atoms with Crippen LogP contribution in [0, 0.1) is 6.92 Å². The van der Waals surface area contributed by atoms with Crippen molar-refractivity contribution in [2.45, 2.75) is 49.6 Å². The molecule has 106 valence electrons. The second kappa shape index (κ2) is 5.48. The Morgan fingerprint density at radius 2 is 1.84 bits per heavy atom. The molecule has 0 spiro atoms. The van der Waals surface area contributed by atoms with Crippen molar-refractivity contribution in [1.29, 1.82) is 0 Å². The van der Waals surface area contributed by atoms with E-state index < -0.39 is 10.0 Å². The molecule has 0 heterocycles. The Hall–Kier alpha value is -1.11. The van der Waals surface area contributed by atoms with E-state index in [9.17, 15) is 8.42 Å². The molecule has 0 atom stereocenters. The molecule has 1 fully saturated rings. The van der Waals surface area contributed by atoms with Crippen LogP contribution in [0.5, 0.6) is 0 Å². The van der Waals surface area contributed by atoms with Crippen LogP contribution in [-0.4, -0.2) is 20.5 Å². The van der Waals surface area contributed by atoms with Crippen molar-refractivity contribution >= 4 is 15.7 Å². The first-order valence-electron chi connectivity index (χ1n) is 6.52. The van der Waals surface area contributed by atoms with E-state index in [-0.39, 0.29) is 4.90 Å². The summed E-state index contributed by atoms with van der Waals surface area (Å²) in [5.41, 5.74) is 7.73. The molecule has 0 saturated heterocycles. The molecule has 5 nitrogen and oxygen atoms in total. The van der Waals surface area contributed by atoms with Crippen molar-refractivity contribution in [1.82, 2.24) is 0 Å². The van der Waals surface area contributed by atoms with Crippen molar-refractivity contribution in [3.05, 3.63) is 23.8 Å². The molecular weight excluding hydrogens is 262 g/mol. The van der Waals surface area contributed by atoms with E-state index in [0.717, 1.165) is 36.9 Å². The number of hydrogen-bond acceptors (Lipinski definition) is 4. The third-order valence-corrected chi connectivity index (χ3v) is 4.58. The molecule has 1 aromatic carbocycles. The molecule has 1 saturated carbocycles. The Labute approximate surface area is 114 Å². The number of hydrogen-bond donors (Lipinski definition) is 3. The van der Waals surface area contributed by atoms with E-state index in [0.29, 0.717) is 12.1 Å². The highest BCUT2D eigenvalue weighted by Crippen LogP contribution is 2.25. The SMILES string of the molecule is Cc1ccc(S(N)(=O)=O)cc1NC1CCC(N)CC1. The Morgan fingerprint density at radius 1 is 1.21 bits per heavy atom. The van der Waals surface area contributed by atoms with E-state index in [2.05, 4.69) is 5.32 Å². The van der Waals surface area contributed by atoms with E-state index in [1.165, 1.54) is 6.07 Å². The Balaban J connectivity index is 2.16. The summed E-state index contributed by atoms with van der Waals surface area (Å²) in [5, 5.41) is 8.56. The lowest BCUT2D eigenvalue weighted by molar-refractivity contribution is 0.411. The molecule has 5 N–H and O–H groups in total. The standard InChI is InChI=1S/C13H21N3O2S/c1-9-2-7-12(19(15,17)18)8-13(9)16-11-5-3-10(14)4-6-11/h2,7-8,10-11,16H,3-6,14H2,1H3,(H2,15,17,18). The van der Waals surface area contributed by atoms with E-state index in [1.807, 2.05) is 6.92 Å². The van der Waals surface area contributed by atoms with E-state index >= 15 is 0 Å². The topological polar surface area (TPSA) is 98.2 Å². The molecule has 0 aliphatic heterocycles. The summed E-state index contributed by atoms with van der Waals surface area (Å²) in [4.78, 5) is 0.146. The highest BCUT2D eigenvalue weighted by atomic mass is 32.2. The lowest BCUT2D eigenvalue weighted by atomic mass is 9.91. The van der Waals surface area contributed by atoms with Gasteiger partial charge in [-0.15, -0.1) is 0 Å². The van der Waals surface area contributed by atoms with Crippen LogP contribution in [0.15, 0.2) is 23.1 Å². The second-order valence-electron chi connectivity index (χ2n) is 5.28. The van der Waals surface area contributed by atoms with Crippen molar-refractivity contribution < 1.29 is 8.42 Å². The number of nitrogens with one attached hydrogen (secondary N) is 1. The molecule has 0 bridgehead atoms. The fourth-order valence-electron chi connectivity index (χ4n) is 2.42. The molecular formula is C13H21N3O2S. The van der Waals surface area contributed by atoms with Crippen LogP contribution in [0.1, 0.15) is 31.2 Å². The summed E-state index contributed by atoms with van der Waals surface area (Å²) in [5.74, 6) is 0. The third kappa shape index (κ3) is 3.68. The molecule has 1 aromatic rings. The normalized spacial score (nSPS) is 24.2. The van der Waals surface area contributed by atoms with Crippen molar-refractivity contribution in [3.63, 3.8) is 0 Å². The van der Waals surface area contributed by atoms with Crippen LogP contribution < -0.4 is 16.2 Å². The molecule has 0 unspecified atom stereocenters. The van der Waals surface area contributed by atoms with Crippen LogP contribution in [0.4, 0.5) is 5.69 Å². The minimum atomic E-state index is -3.65. The summed E-state index contributed by atoms with van der Waals surface area (Å²) in [6, 6.07) is 5.58. The van der Waals surface area contributed by atoms with Crippen LogP contribution >= 0.6 is 0 Å². The molecule has 19 heavy (non-hydrogen) atoms. The van der Waals surface area contributed by atoms with Crippen molar-refractivity contribution in [2.75, 3.05) is 5.32 Å². The molecule has 1 aliphatic carbocycles. The minimum absolute atomic E-state index is 0.146. The van der Waals surface area contributed by atoms with Crippen molar-refractivity contribution in [3.8, 4) is 0 Å². The molecule has 0 radical (unpaired) electrons. The zero-order valence-corrected chi connectivity index (χ0v) is 11.9. The zero-order chi connectivity index (χ0) is 14.0. The highest BCUT2D eigenvalue weighted by molar-refractivity contribution is 7.89. The maximum Gasteiger partial charge on any atom is 0.238 e. The molecule has 0 aromatic heterocycles. The fourth-order valence-corrected chi connectivity index (χ4v) is 2.96.